The Morgan fingerprint density at radius 3 is 2.02 bits per heavy atom. The van der Waals surface area contributed by atoms with Crippen LogP contribution in [0.1, 0.15) is 122 Å². The van der Waals surface area contributed by atoms with Gasteiger partial charge in [-0.1, -0.05) is 103 Å². The number of halogens is 2. The van der Waals surface area contributed by atoms with E-state index in [1.807, 2.05) is 0 Å². The molecule has 1 aromatic rings. The smallest absolute Gasteiger partial charge is 0.383 e. The number of alkyl halides is 2. The second-order valence-corrected chi connectivity index (χ2v) is 12.2. The van der Waals surface area contributed by atoms with Gasteiger partial charge in [0.2, 0.25) is 6.23 Å². The van der Waals surface area contributed by atoms with Crippen molar-refractivity contribution in [2.24, 2.45) is 4.95 Å². The van der Waals surface area contributed by atoms with Crippen LogP contribution in [0, 0.1) is 4.91 Å². The number of nitrogens with zero attached hydrogens (tertiary/aromatic N) is 3. The molecule has 2 N–H and O–H groups in total. The Morgan fingerprint density at radius 1 is 1.00 bits per heavy atom. The minimum Gasteiger partial charge on any atom is -0.383 e. The molecule has 10 nitrogen and oxygen atoms in total. The Hall–Kier alpha value is -1.75. The zero-order valence-electron chi connectivity index (χ0n) is 23.8. The lowest BCUT2D eigenvalue weighted by Gasteiger charge is -2.19. The summed E-state index contributed by atoms with van der Waals surface area (Å²) in [4.78, 5) is 28.9. The van der Waals surface area contributed by atoms with Crippen molar-refractivity contribution >= 4 is 13.6 Å². The molecule has 13 heteroatoms. The number of anilines is 1. The fourth-order valence-corrected chi connectivity index (χ4v) is 5.68. The highest BCUT2D eigenvalue weighted by Gasteiger charge is 2.52. The predicted molar refractivity (Wildman–Crippen MR) is 151 cm³/mol. The average Bonchev–Trinajstić information content (AvgIpc) is 3.23. The summed E-state index contributed by atoms with van der Waals surface area (Å²) in [6.07, 6.45) is 16.4. The van der Waals surface area contributed by atoms with Gasteiger partial charge in [0, 0.05) is 17.6 Å². The van der Waals surface area contributed by atoms with E-state index in [0.29, 0.717) is 11.0 Å². The highest BCUT2D eigenvalue weighted by Crippen LogP contribution is 2.51. The number of hydrogen-bond donors (Lipinski definition) is 1. The van der Waals surface area contributed by atoms with Gasteiger partial charge in [-0.05, 0) is 12.5 Å². The molecule has 1 saturated heterocycles. The molecule has 230 valence electrons. The Morgan fingerprint density at radius 2 is 1.52 bits per heavy atom. The van der Waals surface area contributed by atoms with Gasteiger partial charge in [-0.3, -0.25) is 13.6 Å². The van der Waals surface area contributed by atoms with Gasteiger partial charge in [0.25, 0.3) is 5.92 Å². The highest BCUT2D eigenvalue weighted by atomic mass is 31.2. The molecule has 1 fully saturated rings. The second kappa shape index (κ2) is 18.6. The summed E-state index contributed by atoms with van der Waals surface area (Å²) in [6.45, 7) is 1.65. The maximum absolute atomic E-state index is 14.5. The van der Waals surface area contributed by atoms with E-state index in [9.17, 15) is 23.0 Å². The number of nitrogens with two attached hydrogens (primary N) is 1. The lowest BCUT2D eigenvalue weighted by Crippen LogP contribution is -2.35. The van der Waals surface area contributed by atoms with E-state index in [-0.39, 0.29) is 12.4 Å². The maximum atomic E-state index is 14.5. The quantitative estimate of drug-likeness (QED) is 0.0769. The van der Waals surface area contributed by atoms with E-state index in [1.54, 1.807) is 0 Å². The van der Waals surface area contributed by atoms with E-state index in [1.165, 1.54) is 83.1 Å². The number of aromatic nitrogens is 2. The molecule has 1 aromatic heterocycles. The number of nitroso groups, excluding NO2 is 1. The molecule has 2 heterocycles. The van der Waals surface area contributed by atoms with Gasteiger partial charge in [0.15, 0.2) is 0 Å². The molecule has 2 rings (SSSR count). The van der Waals surface area contributed by atoms with Crippen LogP contribution in [0.5, 0.6) is 0 Å². The van der Waals surface area contributed by atoms with E-state index in [2.05, 4.69) is 16.9 Å². The molecule has 0 aromatic carbocycles. The Kier molecular flexibility index (Phi) is 16.1. The van der Waals surface area contributed by atoms with Crippen LogP contribution in [0.4, 0.5) is 14.6 Å². The Bertz CT molecular complexity index is 967. The molecular formula is C27H47F2N4O6P. The summed E-state index contributed by atoms with van der Waals surface area (Å²) in [6, 6.07) is 1.20. The molecule has 40 heavy (non-hydrogen) atoms. The summed E-state index contributed by atoms with van der Waals surface area (Å²) in [5, 5.41) is 0. The third kappa shape index (κ3) is 12.8. The summed E-state index contributed by atoms with van der Waals surface area (Å²) in [5.74, 6) is -3.54. The van der Waals surface area contributed by atoms with Crippen LogP contribution < -0.4 is 11.4 Å². The molecule has 0 radical (unpaired) electrons. The molecule has 1 unspecified atom stereocenters. The fraction of sp³-hybridized carbons (Fsp3) is 0.852. The van der Waals surface area contributed by atoms with Crippen molar-refractivity contribution in [3.63, 3.8) is 0 Å². The summed E-state index contributed by atoms with van der Waals surface area (Å²) < 4.78 is 57.3. The maximum Gasteiger partial charge on any atom is 0.489 e. The van der Waals surface area contributed by atoms with Crippen LogP contribution in [0.3, 0.4) is 0 Å². The van der Waals surface area contributed by atoms with Gasteiger partial charge >= 0.3 is 13.4 Å². The molecule has 0 spiro atoms. The first-order valence-electron chi connectivity index (χ1n) is 14.8. The lowest BCUT2D eigenvalue weighted by molar-refractivity contribution is -0.119. The number of rotatable bonds is 23. The minimum absolute atomic E-state index is 0.0122. The molecule has 1 aliphatic heterocycles. The minimum atomic E-state index is -4.34. The predicted octanol–water partition coefficient (Wildman–Crippen LogP) is 7.92. The molecular weight excluding hydrogens is 545 g/mol. The van der Waals surface area contributed by atoms with E-state index < -0.39 is 44.7 Å². The van der Waals surface area contributed by atoms with Gasteiger partial charge in [0.05, 0.1) is 19.3 Å². The van der Waals surface area contributed by atoms with Crippen molar-refractivity contribution in [1.82, 2.24) is 9.55 Å². The zero-order chi connectivity index (χ0) is 29.3. The third-order valence-electron chi connectivity index (χ3n) is 7.06. The molecule has 0 aliphatic carbocycles. The van der Waals surface area contributed by atoms with Crippen LogP contribution in [-0.2, 0) is 18.3 Å². The van der Waals surface area contributed by atoms with Crippen molar-refractivity contribution in [2.75, 3.05) is 18.9 Å². The molecule has 0 amide bonds. The van der Waals surface area contributed by atoms with E-state index >= 15 is 0 Å². The van der Waals surface area contributed by atoms with Crippen molar-refractivity contribution in [3.05, 3.63) is 27.7 Å². The molecule has 3 atom stereocenters. The van der Waals surface area contributed by atoms with Crippen LogP contribution in [-0.4, -0.2) is 34.8 Å². The summed E-state index contributed by atoms with van der Waals surface area (Å²) in [7, 11) is -4.34. The van der Waals surface area contributed by atoms with E-state index in [4.69, 9.17) is 19.5 Å². The van der Waals surface area contributed by atoms with Crippen LogP contribution in [0.25, 0.3) is 0 Å². The van der Waals surface area contributed by atoms with Crippen LogP contribution >= 0.6 is 7.75 Å². The third-order valence-corrected chi connectivity index (χ3v) is 8.25. The zero-order valence-corrected chi connectivity index (χ0v) is 24.7. The lowest BCUT2D eigenvalue weighted by atomic mass is 10.0. The topological polar surface area (TPSA) is 135 Å². The highest BCUT2D eigenvalue weighted by molar-refractivity contribution is 7.52. The van der Waals surface area contributed by atoms with Crippen molar-refractivity contribution < 1.29 is 27.1 Å². The van der Waals surface area contributed by atoms with Gasteiger partial charge in [-0.25, -0.2) is 18.1 Å². The molecule has 0 saturated carbocycles. The Labute approximate surface area is 236 Å². The number of unbranched alkanes of at least 4 members (excludes halogenated alkanes) is 15. The van der Waals surface area contributed by atoms with Gasteiger partial charge in [-0.2, -0.15) is 4.98 Å². The summed E-state index contributed by atoms with van der Waals surface area (Å²) in [5.41, 5.74) is 4.40. The van der Waals surface area contributed by atoms with Crippen LogP contribution in [0.15, 0.2) is 22.0 Å². The fourth-order valence-electron chi connectivity index (χ4n) is 4.80. The van der Waals surface area contributed by atoms with E-state index in [0.717, 1.165) is 25.5 Å². The van der Waals surface area contributed by atoms with Crippen molar-refractivity contribution in [2.45, 2.75) is 134 Å². The monoisotopic (exact) mass is 592 g/mol. The second-order valence-electron chi connectivity index (χ2n) is 10.6. The first-order valence-corrected chi connectivity index (χ1v) is 16.3. The summed E-state index contributed by atoms with van der Waals surface area (Å²) >= 11 is 0. The molecule has 1 aliphatic rings. The number of nitrogen functional groups attached to an aromatic ring is 1. The van der Waals surface area contributed by atoms with Gasteiger partial charge in [-0.15, -0.1) is 4.91 Å². The number of hydrogen-bond acceptors (Lipinski definition) is 8. The van der Waals surface area contributed by atoms with Crippen LogP contribution in [0.2, 0.25) is 0 Å². The van der Waals surface area contributed by atoms with Gasteiger partial charge in [0.1, 0.15) is 5.82 Å². The first kappa shape index (κ1) is 34.5. The normalized spacial score (nSPS) is 20.0. The largest absolute Gasteiger partial charge is 0.489 e. The Balaban J connectivity index is 1.53. The van der Waals surface area contributed by atoms with Crippen molar-refractivity contribution in [1.29, 1.82) is 0 Å². The molecule has 0 bridgehead atoms. The van der Waals surface area contributed by atoms with Crippen molar-refractivity contribution in [3.8, 4) is 0 Å². The van der Waals surface area contributed by atoms with Gasteiger partial charge < -0.3 is 10.5 Å². The first-order chi connectivity index (χ1) is 19.2. The number of ether oxygens (including phenoxy) is 1. The standard InChI is InChI=1S/C27H47F2N4O6P/c1-2-3-4-5-6-7-8-9-10-11-12-13-14-15-16-17-20-37-40(36,32-35)38-22-23-21-27(28,29)25(39-23)33-19-18-24(30)31-26(33)34/h18-19,23,25H,2-17,20-22H2,1H3,(H2,30,31,34)/t23-,25+,40?/m0/s1. The SMILES string of the molecule is CCCCCCCCCCCCCCCCCCOP(=O)(N=O)OC[C@@H]1CC(F)(F)[C@H](n2ccc(N)nc2=O)O1. The average molecular weight is 593 g/mol.